The van der Waals surface area contributed by atoms with Gasteiger partial charge >= 0.3 is 0 Å². The summed E-state index contributed by atoms with van der Waals surface area (Å²) in [6.07, 6.45) is 3.86. The van der Waals surface area contributed by atoms with Gasteiger partial charge in [0.05, 0.1) is 5.75 Å². The van der Waals surface area contributed by atoms with Crippen molar-refractivity contribution in [3.05, 3.63) is 47.8 Å². The topological polar surface area (TPSA) is 69.6 Å². The molecule has 0 aliphatic carbocycles. The summed E-state index contributed by atoms with van der Waals surface area (Å²) in [5.41, 5.74) is 0.107. The molecule has 0 atom stereocenters. The van der Waals surface area contributed by atoms with Gasteiger partial charge in [0.2, 0.25) is 10.0 Å². The lowest BCUT2D eigenvalue weighted by molar-refractivity contribution is 0.383. The second-order valence-electron chi connectivity index (χ2n) is 7.35. The van der Waals surface area contributed by atoms with Gasteiger partial charge in [-0.25, -0.2) is 27.2 Å². The zero-order chi connectivity index (χ0) is 20.4. The van der Waals surface area contributed by atoms with Crippen LogP contribution in [0.3, 0.4) is 0 Å². The van der Waals surface area contributed by atoms with Gasteiger partial charge < -0.3 is 9.80 Å². The molecule has 0 bridgehead atoms. The van der Waals surface area contributed by atoms with Crippen LogP contribution in [-0.2, 0) is 15.8 Å². The predicted molar refractivity (Wildman–Crippen MR) is 106 cm³/mol. The molecule has 0 unspecified atom stereocenters. The number of aromatic nitrogens is 2. The van der Waals surface area contributed by atoms with Crippen LogP contribution in [0.2, 0.25) is 0 Å². The van der Waals surface area contributed by atoms with Crippen LogP contribution >= 0.6 is 0 Å². The normalized spacial score (nSPS) is 18.4. The number of rotatable bonds is 5. The minimum absolute atomic E-state index is 0.107. The summed E-state index contributed by atoms with van der Waals surface area (Å²) >= 11 is 0. The molecule has 10 heteroatoms. The molecule has 2 saturated heterocycles. The van der Waals surface area contributed by atoms with Gasteiger partial charge in [0, 0.05) is 51.4 Å². The van der Waals surface area contributed by atoms with Gasteiger partial charge in [0.15, 0.2) is 0 Å². The Balaban J connectivity index is 1.40. The minimum atomic E-state index is -3.66. The summed E-state index contributed by atoms with van der Waals surface area (Å²) in [5.74, 6) is -0.300. The SMILES string of the molecule is O=S(=O)(Cc1cc(F)cc(F)c1)N1CCN(c2cc(N3CCCC3)ncn2)CC1. The van der Waals surface area contributed by atoms with Crippen molar-refractivity contribution >= 4 is 21.7 Å². The molecule has 0 saturated carbocycles. The van der Waals surface area contributed by atoms with E-state index in [9.17, 15) is 17.2 Å². The number of sulfonamides is 1. The highest BCUT2D eigenvalue weighted by atomic mass is 32.2. The lowest BCUT2D eigenvalue weighted by atomic mass is 10.2. The van der Waals surface area contributed by atoms with Crippen molar-refractivity contribution in [3.8, 4) is 0 Å². The highest BCUT2D eigenvalue weighted by Crippen LogP contribution is 2.23. The highest BCUT2D eigenvalue weighted by Gasteiger charge is 2.28. The summed E-state index contributed by atoms with van der Waals surface area (Å²) in [6, 6.07) is 4.79. The maximum atomic E-state index is 13.4. The van der Waals surface area contributed by atoms with E-state index in [0.717, 1.165) is 55.8 Å². The molecule has 0 amide bonds. The van der Waals surface area contributed by atoms with Crippen LogP contribution in [0.15, 0.2) is 30.6 Å². The fraction of sp³-hybridized carbons (Fsp3) is 0.474. The summed E-state index contributed by atoms with van der Waals surface area (Å²) in [7, 11) is -3.66. The first kappa shape index (κ1) is 20.0. The zero-order valence-corrected chi connectivity index (χ0v) is 16.8. The van der Waals surface area contributed by atoms with Crippen LogP contribution < -0.4 is 9.80 Å². The lowest BCUT2D eigenvalue weighted by Crippen LogP contribution is -2.49. The Bertz CT molecular complexity index is 954. The third-order valence-corrected chi connectivity index (χ3v) is 7.15. The average molecular weight is 423 g/mol. The number of nitrogens with zero attached hydrogens (tertiary/aromatic N) is 5. The molecule has 29 heavy (non-hydrogen) atoms. The van der Waals surface area contributed by atoms with E-state index < -0.39 is 27.4 Å². The van der Waals surface area contributed by atoms with Gasteiger partial charge in [-0.1, -0.05) is 0 Å². The zero-order valence-electron chi connectivity index (χ0n) is 16.0. The van der Waals surface area contributed by atoms with Crippen molar-refractivity contribution in [2.45, 2.75) is 18.6 Å². The van der Waals surface area contributed by atoms with Crippen molar-refractivity contribution in [3.63, 3.8) is 0 Å². The van der Waals surface area contributed by atoms with Crippen LogP contribution in [0.25, 0.3) is 0 Å². The van der Waals surface area contributed by atoms with Crippen LogP contribution in [0.5, 0.6) is 0 Å². The summed E-state index contributed by atoms with van der Waals surface area (Å²) in [5, 5.41) is 0. The van der Waals surface area contributed by atoms with Crippen molar-refractivity contribution in [1.29, 1.82) is 0 Å². The minimum Gasteiger partial charge on any atom is -0.356 e. The number of hydrogen-bond acceptors (Lipinski definition) is 6. The second-order valence-corrected chi connectivity index (χ2v) is 9.32. The quantitative estimate of drug-likeness (QED) is 0.733. The van der Waals surface area contributed by atoms with Gasteiger partial charge in [-0.3, -0.25) is 0 Å². The molecule has 2 fully saturated rings. The Hall–Kier alpha value is -2.33. The Morgan fingerprint density at radius 3 is 1.93 bits per heavy atom. The Labute approximate surface area is 169 Å². The number of benzene rings is 1. The van der Waals surface area contributed by atoms with E-state index in [1.807, 2.05) is 11.0 Å². The van der Waals surface area contributed by atoms with E-state index in [1.54, 1.807) is 6.33 Å². The predicted octanol–water partition coefficient (Wildman–Crippen LogP) is 2.01. The van der Waals surface area contributed by atoms with Gasteiger partial charge in [-0.05, 0) is 30.5 Å². The summed E-state index contributed by atoms with van der Waals surface area (Å²) in [4.78, 5) is 13.0. The second kappa shape index (κ2) is 8.19. The van der Waals surface area contributed by atoms with Crippen molar-refractivity contribution < 1.29 is 17.2 Å². The van der Waals surface area contributed by atoms with E-state index in [-0.39, 0.29) is 5.56 Å². The maximum Gasteiger partial charge on any atom is 0.218 e. The van der Waals surface area contributed by atoms with Crippen LogP contribution in [0.4, 0.5) is 20.4 Å². The van der Waals surface area contributed by atoms with Gasteiger partial charge in [-0.2, -0.15) is 4.31 Å². The molecule has 0 radical (unpaired) electrons. The lowest BCUT2D eigenvalue weighted by Gasteiger charge is -2.35. The Morgan fingerprint density at radius 2 is 1.34 bits per heavy atom. The molecule has 1 aromatic heterocycles. The van der Waals surface area contributed by atoms with E-state index in [4.69, 9.17) is 0 Å². The van der Waals surface area contributed by atoms with Crippen LogP contribution in [0.1, 0.15) is 18.4 Å². The highest BCUT2D eigenvalue weighted by molar-refractivity contribution is 7.88. The van der Waals surface area contributed by atoms with Crippen molar-refractivity contribution in [2.75, 3.05) is 49.1 Å². The van der Waals surface area contributed by atoms with E-state index in [1.165, 1.54) is 4.31 Å². The van der Waals surface area contributed by atoms with Crippen LogP contribution in [-0.4, -0.2) is 62.0 Å². The molecule has 156 valence electrons. The molecular weight excluding hydrogens is 400 g/mol. The first-order valence-electron chi connectivity index (χ1n) is 9.65. The Kier molecular flexibility index (Phi) is 5.64. The molecule has 0 N–H and O–H groups in total. The molecule has 2 aliphatic heterocycles. The molecule has 2 aromatic rings. The number of anilines is 2. The molecule has 0 spiro atoms. The molecule has 2 aliphatic rings. The molecule has 4 rings (SSSR count). The first-order valence-corrected chi connectivity index (χ1v) is 11.3. The number of hydrogen-bond donors (Lipinski definition) is 0. The van der Waals surface area contributed by atoms with E-state index in [2.05, 4.69) is 14.9 Å². The van der Waals surface area contributed by atoms with Crippen molar-refractivity contribution in [1.82, 2.24) is 14.3 Å². The average Bonchev–Trinajstić information content (AvgIpc) is 3.22. The molecule has 7 nitrogen and oxygen atoms in total. The smallest absolute Gasteiger partial charge is 0.218 e. The third-order valence-electron chi connectivity index (χ3n) is 5.30. The molecule has 1 aromatic carbocycles. The molecule has 3 heterocycles. The van der Waals surface area contributed by atoms with E-state index >= 15 is 0 Å². The van der Waals surface area contributed by atoms with Crippen LogP contribution in [0, 0.1) is 11.6 Å². The summed E-state index contributed by atoms with van der Waals surface area (Å²) in [6.45, 7) is 3.55. The monoisotopic (exact) mass is 423 g/mol. The number of halogens is 2. The van der Waals surface area contributed by atoms with Gasteiger partial charge in [-0.15, -0.1) is 0 Å². The Morgan fingerprint density at radius 1 is 0.793 bits per heavy atom. The van der Waals surface area contributed by atoms with Gasteiger partial charge in [0.1, 0.15) is 29.6 Å². The first-order chi connectivity index (χ1) is 13.9. The van der Waals surface area contributed by atoms with Crippen molar-refractivity contribution in [2.24, 2.45) is 0 Å². The number of piperazine rings is 1. The van der Waals surface area contributed by atoms with E-state index in [0.29, 0.717) is 26.2 Å². The fourth-order valence-electron chi connectivity index (χ4n) is 3.82. The maximum absolute atomic E-state index is 13.4. The standard InChI is InChI=1S/C19H23F2N5O2S/c20-16-9-15(10-17(21)11-16)13-29(27,28)26-7-5-25(6-8-26)19-12-18(22-14-23-19)24-3-1-2-4-24/h9-12,14H,1-8,13H2. The summed E-state index contributed by atoms with van der Waals surface area (Å²) < 4.78 is 53.4. The van der Waals surface area contributed by atoms with Gasteiger partial charge in [0.25, 0.3) is 0 Å². The largest absolute Gasteiger partial charge is 0.356 e. The fourth-order valence-corrected chi connectivity index (χ4v) is 5.31. The molecular formula is C19H23F2N5O2S. The third kappa shape index (κ3) is 4.64.